The topological polar surface area (TPSA) is 107 Å². The number of amides is 2. The standard InChI is InChI=1S/C22H35N3O5S3/c1-4-13(2)18(33-17(26)11-24-7-9-31-10-8-24)19(27)23-15-6-5-14(3)21-25(20(15)28)16(12-32-21)22(29)30/h13-16,18,21H,4-12H2,1-3H3,(H,23,27)(H,29,30)/t13-,14?,15?,16?,18-,21?/m0/s1. The van der Waals surface area contributed by atoms with E-state index in [9.17, 15) is 24.3 Å². The largest absolute Gasteiger partial charge is 0.480 e. The molecule has 3 aliphatic rings. The van der Waals surface area contributed by atoms with Gasteiger partial charge in [0.2, 0.25) is 16.9 Å². The van der Waals surface area contributed by atoms with Gasteiger partial charge in [-0.15, -0.1) is 11.8 Å². The van der Waals surface area contributed by atoms with Gasteiger partial charge in [0.15, 0.2) is 0 Å². The van der Waals surface area contributed by atoms with Crippen LogP contribution in [0.5, 0.6) is 0 Å². The van der Waals surface area contributed by atoms with E-state index in [1.54, 1.807) is 0 Å². The predicted molar refractivity (Wildman–Crippen MR) is 134 cm³/mol. The summed E-state index contributed by atoms with van der Waals surface area (Å²) >= 11 is 4.47. The molecule has 11 heteroatoms. The van der Waals surface area contributed by atoms with Gasteiger partial charge in [-0.1, -0.05) is 39.0 Å². The molecule has 0 aromatic rings. The monoisotopic (exact) mass is 517 g/mol. The number of aliphatic carboxylic acids is 1. The lowest BCUT2D eigenvalue weighted by Crippen LogP contribution is -2.55. The smallest absolute Gasteiger partial charge is 0.327 e. The van der Waals surface area contributed by atoms with Gasteiger partial charge in [0.1, 0.15) is 12.1 Å². The molecule has 6 atom stereocenters. The Bertz CT molecular complexity index is 749. The Balaban J connectivity index is 1.68. The summed E-state index contributed by atoms with van der Waals surface area (Å²) in [6, 6.07) is -1.62. The summed E-state index contributed by atoms with van der Waals surface area (Å²) in [5, 5.41) is 11.7. The summed E-state index contributed by atoms with van der Waals surface area (Å²) in [6.45, 7) is 8.06. The molecule has 0 aromatic heterocycles. The summed E-state index contributed by atoms with van der Waals surface area (Å²) in [7, 11) is 0. The number of nitrogens with one attached hydrogen (secondary N) is 1. The molecule has 4 unspecified atom stereocenters. The highest BCUT2D eigenvalue weighted by molar-refractivity contribution is 8.14. The van der Waals surface area contributed by atoms with E-state index in [1.165, 1.54) is 16.7 Å². The van der Waals surface area contributed by atoms with Crippen LogP contribution >= 0.6 is 35.3 Å². The van der Waals surface area contributed by atoms with Crippen LogP contribution in [0.4, 0.5) is 0 Å². The van der Waals surface area contributed by atoms with Crippen molar-refractivity contribution in [3.05, 3.63) is 0 Å². The van der Waals surface area contributed by atoms with E-state index in [0.29, 0.717) is 18.7 Å². The van der Waals surface area contributed by atoms with Crippen LogP contribution in [0.2, 0.25) is 0 Å². The highest BCUT2D eigenvalue weighted by Gasteiger charge is 2.48. The highest BCUT2D eigenvalue weighted by atomic mass is 32.2. The molecule has 0 radical (unpaired) electrons. The molecule has 3 rings (SSSR count). The van der Waals surface area contributed by atoms with Gasteiger partial charge in [0.05, 0.1) is 17.2 Å². The van der Waals surface area contributed by atoms with Gasteiger partial charge in [-0.2, -0.15) is 11.8 Å². The first-order valence-corrected chi connectivity index (χ1v) is 14.8. The lowest BCUT2D eigenvalue weighted by atomic mass is 10.0. The normalized spacial score (nSPS) is 30.3. The molecule has 3 heterocycles. The second-order valence-electron chi connectivity index (χ2n) is 9.12. The maximum Gasteiger partial charge on any atom is 0.327 e. The number of carboxylic acids is 1. The third-order valence-corrected chi connectivity index (χ3v) is 10.5. The van der Waals surface area contributed by atoms with Crippen LogP contribution in [0.25, 0.3) is 0 Å². The van der Waals surface area contributed by atoms with E-state index in [2.05, 4.69) is 10.2 Å². The van der Waals surface area contributed by atoms with Crippen molar-refractivity contribution in [2.45, 2.75) is 62.7 Å². The van der Waals surface area contributed by atoms with Crippen LogP contribution in [-0.4, -0.2) is 97.4 Å². The lowest BCUT2D eigenvalue weighted by molar-refractivity contribution is -0.150. The first-order chi connectivity index (χ1) is 15.7. The fraction of sp³-hybridized carbons (Fsp3) is 0.818. The minimum absolute atomic E-state index is 0.0230. The Morgan fingerprint density at radius 3 is 2.58 bits per heavy atom. The molecule has 2 N–H and O–H groups in total. The predicted octanol–water partition coefficient (Wildman–Crippen LogP) is 1.98. The Hall–Kier alpha value is -0.910. The molecular weight excluding hydrogens is 482 g/mol. The average Bonchev–Trinajstić information content (AvgIpc) is 3.21. The van der Waals surface area contributed by atoms with E-state index < -0.39 is 23.3 Å². The molecule has 8 nitrogen and oxygen atoms in total. The molecule has 0 saturated carbocycles. The third-order valence-electron chi connectivity index (χ3n) is 6.72. The van der Waals surface area contributed by atoms with Crippen molar-refractivity contribution in [3.63, 3.8) is 0 Å². The van der Waals surface area contributed by atoms with Crippen molar-refractivity contribution >= 4 is 58.2 Å². The van der Waals surface area contributed by atoms with Crippen LogP contribution in [0, 0.1) is 11.8 Å². The maximum atomic E-state index is 13.3. The Labute approximate surface area is 208 Å². The van der Waals surface area contributed by atoms with E-state index >= 15 is 0 Å². The molecule has 3 fully saturated rings. The minimum Gasteiger partial charge on any atom is -0.480 e. The van der Waals surface area contributed by atoms with Crippen LogP contribution < -0.4 is 5.32 Å². The number of hydrogen-bond acceptors (Lipinski definition) is 8. The van der Waals surface area contributed by atoms with Gasteiger partial charge in [-0.05, 0) is 24.7 Å². The number of thioether (sulfide) groups is 3. The number of fused-ring (bicyclic) bond motifs is 1. The quantitative estimate of drug-likeness (QED) is 0.500. The molecule has 3 saturated heterocycles. The Morgan fingerprint density at radius 1 is 1.24 bits per heavy atom. The van der Waals surface area contributed by atoms with Gasteiger partial charge in [-0.3, -0.25) is 19.3 Å². The third kappa shape index (κ3) is 6.61. The van der Waals surface area contributed by atoms with E-state index in [-0.39, 0.29) is 34.1 Å². The van der Waals surface area contributed by atoms with Gasteiger partial charge in [0, 0.05) is 30.3 Å². The summed E-state index contributed by atoms with van der Waals surface area (Å²) in [5.41, 5.74) is 0. The van der Waals surface area contributed by atoms with Gasteiger partial charge < -0.3 is 15.3 Å². The van der Waals surface area contributed by atoms with Crippen molar-refractivity contribution in [1.29, 1.82) is 0 Å². The summed E-state index contributed by atoms with van der Waals surface area (Å²) in [5.74, 6) is 0.885. The Morgan fingerprint density at radius 2 is 1.94 bits per heavy atom. The number of hydrogen-bond donors (Lipinski definition) is 2. The van der Waals surface area contributed by atoms with Crippen molar-refractivity contribution in [2.75, 3.05) is 36.9 Å². The Kier molecular flexibility index (Phi) is 9.84. The molecule has 0 spiro atoms. The van der Waals surface area contributed by atoms with Gasteiger partial charge >= 0.3 is 5.97 Å². The number of carboxylic acid groups (broad SMARTS) is 1. The van der Waals surface area contributed by atoms with E-state index in [4.69, 9.17) is 0 Å². The first-order valence-electron chi connectivity index (χ1n) is 11.7. The number of carbonyl (C=O) groups is 4. The van der Waals surface area contributed by atoms with Crippen molar-refractivity contribution < 1.29 is 24.3 Å². The SMILES string of the molecule is CC[C@H](C)[C@H](SC(=O)CN1CCSCC1)C(=O)NC1CCC(C)C2SCC(C(=O)O)N2C1=O. The number of rotatable bonds is 8. The van der Waals surface area contributed by atoms with Crippen LogP contribution in [0.1, 0.15) is 40.0 Å². The maximum absolute atomic E-state index is 13.3. The molecule has 186 valence electrons. The second-order valence-corrected chi connectivity index (χ2v) is 12.7. The second kappa shape index (κ2) is 12.2. The highest BCUT2D eigenvalue weighted by Crippen LogP contribution is 2.39. The zero-order valence-electron chi connectivity index (χ0n) is 19.5. The van der Waals surface area contributed by atoms with E-state index in [1.807, 2.05) is 32.5 Å². The number of carbonyl (C=O) groups excluding carboxylic acids is 3. The van der Waals surface area contributed by atoms with Crippen LogP contribution in [-0.2, 0) is 19.2 Å². The fourth-order valence-electron chi connectivity index (χ4n) is 4.46. The lowest BCUT2D eigenvalue weighted by Gasteiger charge is -2.31. The molecular formula is C22H35N3O5S3. The van der Waals surface area contributed by atoms with Crippen molar-refractivity contribution in [2.24, 2.45) is 11.8 Å². The minimum atomic E-state index is -1.01. The van der Waals surface area contributed by atoms with Crippen LogP contribution in [0.3, 0.4) is 0 Å². The van der Waals surface area contributed by atoms with Crippen molar-refractivity contribution in [3.8, 4) is 0 Å². The van der Waals surface area contributed by atoms with E-state index in [0.717, 1.165) is 49.2 Å². The summed E-state index contributed by atoms with van der Waals surface area (Å²) in [4.78, 5) is 54.7. The summed E-state index contributed by atoms with van der Waals surface area (Å²) < 4.78 is 0. The van der Waals surface area contributed by atoms with Crippen LogP contribution in [0.15, 0.2) is 0 Å². The summed E-state index contributed by atoms with van der Waals surface area (Å²) in [6.07, 6.45) is 1.94. The molecule has 0 bridgehead atoms. The van der Waals surface area contributed by atoms with Crippen molar-refractivity contribution in [1.82, 2.24) is 15.1 Å². The fourth-order valence-corrected chi connectivity index (χ4v) is 8.14. The first kappa shape index (κ1) is 26.7. The molecule has 0 aliphatic carbocycles. The zero-order valence-corrected chi connectivity index (χ0v) is 22.0. The van der Waals surface area contributed by atoms with Gasteiger partial charge in [0.25, 0.3) is 0 Å². The molecule has 3 aliphatic heterocycles. The molecule has 2 amide bonds. The number of nitrogens with zero attached hydrogens (tertiary/aromatic N) is 2. The average molecular weight is 518 g/mol. The molecule has 33 heavy (non-hydrogen) atoms. The van der Waals surface area contributed by atoms with Gasteiger partial charge in [-0.25, -0.2) is 4.79 Å². The zero-order chi connectivity index (χ0) is 24.1. The molecule has 0 aromatic carbocycles.